The summed E-state index contributed by atoms with van der Waals surface area (Å²) in [6, 6.07) is 4.23. The van der Waals surface area contributed by atoms with Crippen LogP contribution in [-0.2, 0) is 10.0 Å². The highest BCUT2D eigenvalue weighted by molar-refractivity contribution is 7.88. The number of hydrogen-bond acceptors (Lipinski definition) is 3. The molecule has 5 nitrogen and oxygen atoms in total. The number of nitrogens with one attached hydrogen (secondary N) is 2. The fraction of sp³-hybridized carbons (Fsp3) is 0.364. The lowest BCUT2D eigenvalue weighted by Crippen LogP contribution is -2.34. The standard InChI is InChI=1S/C11H15FN2O3S/c1-8-3-4-10(12)9(7-8)11(15)13-5-6-14-18(2,16)17/h3-4,7,14H,5-6H2,1-2H3,(H,13,15). The number of benzene rings is 1. The van der Waals surface area contributed by atoms with Gasteiger partial charge in [-0.1, -0.05) is 11.6 Å². The van der Waals surface area contributed by atoms with Gasteiger partial charge in [-0.15, -0.1) is 0 Å². The van der Waals surface area contributed by atoms with Crippen molar-refractivity contribution < 1.29 is 17.6 Å². The van der Waals surface area contributed by atoms with Gasteiger partial charge in [0.1, 0.15) is 5.82 Å². The van der Waals surface area contributed by atoms with Gasteiger partial charge in [0.15, 0.2) is 0 Å². The van der Waals surface area contributed by atoms with E-state index in [1.165, 1.54) is 12.1 Å². The van der Waals surface area contributed by atoms with Crippen molar-refractivity contribution in [1.29, 1.82) is 0 Å². The van der Waals surface area contributed by atoms with Crippen LogP contribution in [0, 0.1) is 12.7 Å². The van der Waals surface area contributed by atoms with Gasteiger partial charge in [0.05, 0.1) is 11.8 Å². The SMILES string of the molecule is Cc1ccc(F)c(C(=O)NCCNS(C)(=O)=O)c1. The molecule has 0 radical (unpaired) electrons. The van der Waals surface area contributed by atoms with Crippen LogP contribution < -0.4 is 10.0 Å². The van der Waals surface area contributed by atoms with Crippen LogP contribution in [0.1, 0.15) is 15.9 Å². The second kappa shape index (κ2) is 5.92. The summed E-state index contributed by atoms with van der Waals surface area (Å²) in [4.78, 5) is 11.6. The molecule has 1 aromatic carbocycles. The first-order valence-electron chi connectivity index (χ1n) is 5.28. The smallest absolute Gasteiger partial charge is 0.254 e. The van der Waals surface area contributed by atoms with Gasteiger partial charge in [-0.3, -0.25) is 4.79 Å². The molecule has 0 aliphatic carbocycles. The minimum absolute atomic E-state index is 0.0469. The quantitative estimate of drug-likeness (QED) is 0.764. The highest BCUT2D eigenvalue weighted by Crippen LogP contribution is 2.09. The molecule has 0 aromatic heterocycles. The van der Waals surface area contributed by atoms with Gasteiger partial charge in [-0.25, -0.2) is 17.5 Å². The van der Waals surface area contributed by atoms with Crippen molar-refractivity contribution in [2.75, 3.05) is 19.3 Å². The number of sulfonamides is 1. The number of amides is 1. The Kier molecular flexibility index (Phi) is 4.80. The van der Waals surface area contributed by atoms with Gasteiger partial charge < -0.3 is 5.32 Å². The van der Waals surface area contributed by atoms with E-state index in [9.17, 15) is 17.6 Å². The molecular weight excluding hydrogens is 259 g/mol. The van der Waals surface area contributed by atoms with Crippen LogP contribution in [0.4, 0.5) is 4.39 Å². The molecule has 1 aromatic rings. The van der Waals surface area contributed by atoms with Crippen molar-refractivity contribution in [2.45, 2.75) is 6.92 Å². The molecule has 0 saturated carbocycles. The molecule has 0 aliphatic rings. The summed E-state index contributed by atoms with van der Waals surface area (Å²) in [5, 5.41) is 2.43. The Morgan fingerprint density at radius 3 is 2.61 bits per heavy atom. The van der Waals surface area contributed by atoms with E-state index in [0.29, 0.717) is 0 Å². The first-order valence-corrected chi connectivity index (χ1v) is 7.18. The van der Waals surface area contributed by atoms with Gasteiger partial charge in [-0.2, -0.15) is 0 Å². The molecule has 0 aliphatic heterocycles. The number of hydrogen-bond donors (Lipinski definition) is 2. The van der Waals surface area contributed by atoms with E-state index in [1.54, 1.807) is 13.0 Å². The summed E-state index contributed by atoms with van der Waals surface area (Å²) < 4.78 is 37.1. The molecular formula is C11H15FN2O3S. The van der Waals surface area contributed by atoms with Crippen molar-refractivity contribution >= 4 is 15.9 Å². The van der Waals surface area contributed by atoms with Crippen LogP contribution in [0.25, 0.3) is 0 Å². The van der Waals surface area contributed by atoms with Crippen molar-refractivity contribution in [2.24, 2.45) is 0 Å². The molecule has 100 valence electrons. The normalized spacial score (nSPS) is 11.3. The Bertz CT molecular complexity index is 543. The Morgan fingerprint density at radius 2 is 2.00 bits per heavy atom. The fourth-order valence-corrected chi connectivity index (χ4v) is 1.79. The maximum Gasteiger partial charge on any atom is 0.254 e. The second-order valence-electron chi connectivity index (χ2n) is 3.91. The highest BCUT2D eigenvalue weighted by atomic mass is 32.2. The summed E-state index contributed by atoms with van der Waals surface area (Å²) in [6.07, 6.45) is 1.02. The molecule has 0 bridgehead atoms. The Balaban J connectivity index is 2.53. The van der Waals surface area contributed by atoms with Gasteiger partial charge in [0.2, 0.25) is 10.0 Å². The number of carbonyl (C=O) groups is 1. The topological polar surface area (TPSA) is 75.3 Å². The third-order valence-electron chi connectivity index (χ3n) is 2.14. The molecule has 2 N–H and O–H groups in total. The van der Waals surface area contributed by atoms with Gasteiger partial charge in [-0.05, 0) is 19.1 Å². The van der Waals surface area contributed by atoms with Crippen LogP contribution in [0.3, 0.4) is 0 Å². The molecule has 1 rings (SSSR count). The molecule has 0 heterocycles. The van der Waals surface area contributed by atoms with E-state index in [2.05, 4.69) is 10.0 Å². The molecule has 0 fully saturated rings. The number of aryl methyl sites for hydroxylation is 1. The van der Waals surface area contributed by atoms with Crippen LogP contribution in [-0.4, -0.2) is 33.7 Å². The van der Waals surface area contributed by atoms with Gasteiger partial charge in [0.25, 0.3) is 5.91 Å². The Labute approximate surface area is 105 Å². The zero-order valence-corrected chi connectivity index (χ0v) is 11.0. The van der Waals surface area contributed by atoms with Crippen molar-refractivity contribution in [3.8, 4) is 0 Å². The van der Waals surface area contributed by atoms with E-state index in [0.717, 1.165) is 11.8 Å². The second-order valence-corrected chi connectivity index (χ2v) is 5.74. The van der Waals surface area contributed by atoms with E-state index >= 15 is 0 Å². The van der Waals surface area contributed by atoms with Crippen LogP contribution in [0.5, 0.6) is 0 Å². The molecule has 7 heteroatoms. The number of carbonyl (C=O) groups excluding carboxylic acids is 1. The monoisotopic (exact) mass is 274 g/mol. The minimum atomic E-state index is -3.28. The van der Waals surface area contributed by atoms with Crippen LogP contribution in [0.2, 0.25) is 0 Å². The maximum absolute atomic E-state index is 13.3. The third kappa shape index (κ3) is 4.80. The number of halogens is 1. The van der Waals surface area contributed by atoms with Crippen molar-refractivity contribution in [1.82, 2.24) is 10.0 Å². The molecule has 0 atom stereocenters. The molecule has 0 saturated heterocycles. The Morgan fingerprint density at radius 1 is 1.33 bits per heavy atom. The molecule has 18 heavy (non-hydrogen) atoms. The average molecular weight is 274 g/mol. The summed E-state index contributed by atoms with van der Waals surface area (Å²) in [7, 11) is -3.28. The van der Waals surface area contributed by atoms with Gasteiger partial charge >= 0.3 is 0 Å². The van der Waals surface area contributed by atoms with Crippen molar-refractivity contribution in [3.05, 3.63) is 35.1 Å². The molecule has 1 amide bonds. The van der Waals surface area contributed by atoms with E-state index in [1.807, 2.05) is 0 Å². The lowest BCUT2D eigenvalue weighted by molar-refractivity contribution is 0.0950. The van der Waals surface area contributed by atoms with E-state index in [4.69, 9.17) is 0 Å². The zero-order chi connectivity index (χ0) is 13.8. The maximum atomic E-state index is 13.3. The minimum Gasteiger partial charge on any atom is -0.351 e. The lowest BCUT2D eigenvalue weighted by atomic mass is 10.1. The largest absolute Gasteiger partial charge is 0.351 e. The lowest BCUT2D eigenvalue weighted by Gasteiger charge is -2.07. The van der Waals surface area contributed by atoms with Crippen molar-refractivity contribution in [3.63, 3.8) is 0 Å². The number of rotatable bonds is 5. The average Bonchev–Trinajstić information content (AvgIpc) is 2.26. The summed E-state index contributed by atoms with van der Waals surface area (Å²) >= 11 is 0. The van der Waals surface area contributed by atoms with Crippen LogP contribution >= 0.6 is 0 Å². The van der Waals surface area contributed by atoms with Crippen LogP contribution in [0.15, 0.2) is 18.2 Å². The first kappa shape index (κ1) is 14.6. The highest BCUT2D eigenvalue weighted by Gasteiger charge is 2.11. The summed E-state index contributed by atoms with van der Waals surface area (Å²) in [6.45, 7) is 1.92. The first-order chi connectivity index (χ1) is 8.29. The Hall–Kier alpha value is -1.47. The molecule has 0 spiro atoms. The predicted molar refractivity (Wildman–Crippen MR) is 66.3 cm³/mol. The summed E-state index contributed by atoms with van der Waals surface area (Å²) in [5.41, 5.74) is 0.727. The third-order valence-corrected chi connectivity index (χ3v) is 2.87. The van der Waals surface area contributed by atoms with E-state index < -0.39 is 21.7 Å². The molecule has 0 unspecified atom stereocenters. The zero-order valence-electron chi connectivity index (χ0n) is 10.2. The van der Waals surface area contributed by atoms with E-state index in [-0.39, 0.29) is 18.7 Å². The predicted octanol–water partition coefficient (Wildman–Crippen LogP) is 0.413. The fourth-order valence-electron chi connectivity index (χ4n) is 1.32. The summed E-state index contributed by atoms with van der Waals surface area (Å²) in [5.74, 6) is -1.17. The van der Waals surface area contributed by atoms with Gasteiger partial charge in [0, 0.05) is 13.1 Å².